The number of rotatable bonds is 1. The summed E-state index contributed by atoms with van der Waals surface area (Å²) in [4.78, 5) is 11.5. The molecule has 1 atom stereocenters. The number of carbonyl (C=O) groups is 1. The number of hydrogen-bond acceptors (Lipinski definition) is 3. The van der Waals surface area contributed by atoms with Gasteiger partial charge in [-0.2, -0.15) is 0 Å². The van der Waals surface area contributed by atoms with Crippen LogP contribution in [0, 0.1) is 0 Å². The summed E-state index contributed by atoms with van der Waals surface area (Å²) in [5.41, 5.74) is 2.51. The van der Waals surface area contributed by atoms with E-state index >= 15 is 0 Å². The van der Waals surface area contributed by atoms with E-state index in [0.717, 1.165) is 23.1 Å². The minimum Gasteiger partial charge on any atom is -0.507 e. The van der Waals surface area contributed by atoms with E-state index in [-0.39, 0.29) is 23.0 Å². The second-order valence-electron chi connectivity index (χ2n) is 8.09. The van der Waals surface area contributed by atoms with Gasteiger partial charge in [-0.3, -0.25) is 0 Å². The summed E-state index contributed by atoms with van der Waals surface area (Å²) >= 11 is 0. The Morgan fingerprint density at radius 3 is 2.00 bits per heavy atom. The Kier molecular flexibility index (Phi) is 4.16. The first-order valence-electron chi connectivity index (χ1n) is 7.81. The quantitative estimate of drug-likeness (QED) is 0.819. The Morgan fingerprint density at radius 1 is 1.09 bits per heavy atom. The van der Waals surface area contributed by atoms with Crippen molar-refractivity contribution >= 4 is 6.09 Å². The van der Waals surface area contributed by atoms with Crippen molar-refractivity contribution in [3.8, 4) is 5.75 Å². The van der Waals surface area contributed by atoms with Crippen LogP contribution in [0.2, 0.25) is 0 Å². The molecule has 1 saturated heterocycles. The van der Waals surface area contributed by atoms with Crippen molar-refractivity contribution in [2.75, 3.05) is 6.61 Å². The third-order valence-electron chi connectivity index (χ3n) is 4.08. The Labute approximate surface area is 132 Å². The van der Waals surface area contributed by atoms with Crippen LogP contribution in [-0.4, -0.2) is 17.8 Å². The van der Waals surface area contributed by atoms with Crippen molar-refractivity contribution in [3.63, 3.8) is 0 Å². The highest BCUT2D eigenvalue weighted by Crippen LogP contribution is 2.41. The molecule has 0 aliphatic carbocycles. The van der Waals surface area contributed by atoms with E-state index in [0.29, 0.717) is 12.4 Å². The van der Waals surface area contributed by atoms with Crippen LogP contribution in [0.5, 0.6) is 5.75 Å². The molecule has 1 aromatic rings. The summed E-state index contributed by atoms with van der Waals surface area (Å²) < 4.78 is 4.95. The first kappa shape index (κ1) is 16.7. The molecule has 2 rings (SSSR count). The number of alkyl carbamates (subject to hydrolysis) is 1. The molecule has 0 bridgehead atoms. The molecule has 0 radical (unpaired) electrons. The topological polar surface area (TPSA) is 58.6 Å². The van der Waals surface area contributed by atoms with Gasteiger partial charge in [-0.05, 0) is 39.7 Å². The fourth-order valence-electron chi connectivity index (χ4n) is 2.78. The first-order chi connectivity index (χ1) is 10.00. The molecule has 0 aromatic heterocycles. The lowest BCUT2D eigenvalue weighted by Crippen LogP contribution is -2.35. The molecule has 22 heavy (non-hydrogen) atoms. The molecule has 1 fully saturated rings. The van der Waals surface area contributed by atoms with Crippen molar-refractivity contribution < 1.29 is 14.6 Å². The number of nitrogens with one attached hydrogen (secondary N) is 1. The minimum atomic E-state index is -0.376. The Hall–Kier alpha value is -1.71. The van der Waals surface area contributed by atoms with Gasteiger partial charge in [0.05, 0.1) is 12.6 Å². The van der Waals surface area contributed by atoms with Crippen molar-refractivity contribution in [1.29, 1.82) is 0 Å². The molecule has 2 N–H and O–H groups in total. The standard InChI is InChI=1S/C18H27NO3/c1-17(2,3)12-9-11(14-7-8-22-16(21)19-14)10-13(15(12)20)18(4,5)6/h9-10,14,20H,7-8H2,1-6H3,(H,19,21)/t14-/m0/s1. The fraction of sp³-hybridized carbons (Fsp3) is 0.611. The molecule has 0 unspecified atom stereocenters. The van der Waals surface area contributed by atoms with E-state index in [1.54, 1.807) is 0 Å². The second-order valence-corrected chi connectivity index (χ2v) is 8.09. The second kappa shape index (κ2) is 5.49. The van der Waals surface area contributed by atoms with Crippen LogP contribution >= 0.6 is 0 Å². The number of hydrogen-bond donors (Lipinski definition) is 2. The maximum absolute atomic E-state index is 11.5. The van der Waals surface area contributed by atoms with E-state index in [1.165, 1.54) is 0 Å². The third-order valence-corrected chi connectivity index (χ3v) is 4.08. The van der Waals surface area contributed by atoms with Crippen LogP contribution in [-0.2, 0) is 15.6 Å². The number of phenols is 1. The van der Waals surface area contributed by atoms with Gasteiger partial charge in [0.25, 0.3) is 0 Å². The lowest BCUT2D eigenvalue weighted by Gasteiger charge is -2.31. The van der Waals surface area contributed by atoms with Gasteiger partial charge < -0.3 is 15.2 Å². The van der Waals surface area contributed by atoms with E-state index in [4.69, 9.17) is 4.74 Å². The van der Waals surface area contributed by atoms with Crippen LogP contribution in [0.1, 0.15) is 70.7 Å². The van der Waals surface area contributed by atoms with Crippen LogP contribution in [0.25, 0.3) is 0 Å². The molecule has 0 saturated carbocycles. The first-order valence-corrected chi connectivity index (χ1v) is 7.81. The predicted molar refractivity (Wildman–Crippen MR) is 87.3 cm³/mol. The molecular formula is C18H27NO3. The molecule has 1 amide bonds. The van der Waals surface area contributed by atoms with Crippen LogP contribution in [0.4, 0.5) is 4.79 Å². The third kappa shape index (κ3) is 3.37. The summed E-state index contributed by atoms with van der Waals surface area (Å²) in [6, 6.07) is 3.96. The van der Waals surface area contributed by atoms with Crippen molar-refractivity contribution in [3.05, 3.63) is 28.8 Å². The van der Waals surface area contributed by atoms with Crippen molar-refractivity contribution in [2.45, 2.75) is 64.8 Å². The average molecular weight is 305 g/mol. The summed E-state index contributed by atoms with van der Waals surface area (Å²) in [5.74, 6) is 0.363. The van der Waals surface area contributed by atoms with Crippen LogP contribution in [0.15, 0.2) is 12.1 Å². The lowest BCUT2D eigenvalue weighted by molar-refractivity contribution is 0.115. The van der Waals surface area contributed by atoms with E-state index in [2.05, 4.69) is 46.9 Å². The summed E-state index contributed by atoms with van der Waals surface area (Å²) in [6.45, 7) is 12.9. The zero-order valence-corrected chi connectivity index (χ0v) is 14.4. The van der Waals surface area contributed by atoms with Gasteiger partial charge >= 0.3 is 6.09 Å². The monoisotopic (exact) mass is 305 g/mol. The Balaban J connectivity index is 2.57. The minimum absolute atomic E-state index is 0.0657. The number of amides is 1. The van der Waals surface area contributed by atoms with Gasteiger partial charge in [-0.15, -0.1) is 0 Å². The summed E-state index contributed by atoms with van der Waals surface area (Å²) in [5, 5.41) is 13.6. The smallest absolute Gasteiger partial charge is 0.407 e. The van der Waals surface area contributed by atoms with E-state index in [1.807, 2.05) is 12.1 Å². The predicted octanol–water partition coefficient (Wildman–Crippen LogP) is 4.16. The lowest BCUT2D eigenvalue weighted by atomic mass is 9.77. The number of carbonyl (C=O) groups excluding carboxylic acids is 1. The number of phenolic OH excluding ortho intramolecular Hbond substituents is 1. The largest absolute Gasteiger partial charge is 0.507 e. The SMILES string of the molecule is CC(C)(C)c1cc([C@@H]2CCOC(=O)N2)cc(C(C)(C)C)c1O. The molecule has 122 valence electrons. The van der Waals surface area contributed by atoms with Gasteiger partial charge in [-0.1, -0.05) is 41.5 Å². The van der Waals surface area contributed by atoms with Gasteiger partial charge in [0.1, 0.15) is 5.75 Å². The Bertz CT molecular complexity index is 544. The number of cyclic esters (lactones) is 1. The van der Waals surface area contributed by atoms with Crippen LogP contribution < -0.4 is 5.32 Å². The van der Waals surface area contributed by atoms with E-state index < -0.39 is 0 Å². The number of ether oxygens (including phenoxy) is 1. The highest BCUT2D eigenvalue weighted by molar-refractivity contribution is 5.69. The maximum atomic E-state index is 11.5. The van der Waals surface area contributed by atoms with Gasteiger partial charge in [0.15, 0.2) is 0 Å². The molecule has 0 spiro atoms. The normalized spacial score (nSPS) is 19.5. The average Bonchev–Trinajstić information content (AvgIpc) is 2.36. The molecular weight excluding hydrogens is 278 g/mol. The number of benzene rings is 1. The molecule has 1 aromatic carbocycles. The van der Waals surface area contributed by atoms with Crippen molar-refractivity contribution in [1.82, 2.24) is 5.32 Å². The highest BCUT2D eigenvalue weighted by atomic mass is 16.5. The van der Waals surface area contributed by atoms with Gasteiger partial charge in [-0.25, -0.2) is 4.79 Å². The Morgan fingerprint density at radius 2 is 1.59 bits per heavy atom. The molecule has 1 aliphatic heterocycles. The molecule has 1 aliphatic rings. The zero-order valence-electron chi connectivity index (χ0n) is 14.4. The van der Waals surface area contributed by atoms with E-state index in [9.17, 15) is 9.90 Å². The van der Waals surface area contributed by atoms with Gasteiger partial charge in [0, 0.05) is 6.42 Å². The number of aromatic hydroxyl groups is 1. The van der Waals surface area contributed by atoms with Crippen molar-refractivity contribution in [2.24, 2.45) is 0 Å². The maximum Gasteiger partial charge on any atom is 0.407 e. The highest BCUT2D eigenvalue weighted by Gasteiger charge is 2.29. The molecule has 4 heteroatoms. The molecule has 4 nitrogen and oxygen atoms in total. The summed E-state index contributed by atoms with van der Waals surface area (Å²) in [6.07, 6.45) is 0.364. The molecule has 1 heterocycles. The van der Waals surface area contributed by atoms with Crippen LogP contribution in [0.3, 0.4) is 0 Å². The fourth-order valence-corrected chi connectivity index (χ4v) is 2.78. The summed E-state index contributed by atoms with van der Waals surface area (Å²) in [7, 11) is 0. The zero-order chi connectivity index (χ0) is 16.7. The van der Waals surface area contributed by atoms with Gasteiger partial charge in [0.2, 0.25) is 0 Å².